The lowest BCUT2D eigenvalue weighted by Gasteiger charge is -2.04. The van der Waals surface area contributed by atoms with E-state index in [4.69, 9.17) is 10.5 Å². The molecular weight excluding hydrogens is 360 g/mol. The van der Waals surface area contributed by atoms with Crippen LogP contribution in [0.5, 0.6) is 5.75 Å². The highest BCUT2D eigenvalue weighted by Gasteiger charge is 2.09. The Hall–Kier alpha value is -4.14. The molecule has 0 aliphatic rings. The molecule has 0 radical (unpaired) electrons. The van der Waals surface area contributed by atoms with E-state index in [-0.39, 0.29) is 11.4 Å². The number of carbonyl (C=O) groups excluding carboxylic acids is 2. The van der Waals surface area contributed by atoms with E-state index in [2.05, 4.69) is 25.5 Å². The minimum absolute atomic E-state index is 0.105. The molecule has 2 heterocycles. The van der Waals surface area contributed by atoms with Crippen molar-refractivity contribution in [2.45, 2.75) is 0 Å². The SMILES string of the molecule is COc1ccc(-c2cncc(C(=O)NN=Cc3ccnc(C(N)=O)c3)n2)cc1. The number of pyridine rings is 1. The molecule has 0 spiro atoms. The summed E-state index contributed by atoms with van der Waals surface area (Å²) in [5, 5.41) is 3.85. The second-order valence-electron chi connectivity index (χ2n) is 5.56. The largest absolute Gasteiger partial charge is 0.497 e. The highest BCUT2D eigenvalue weighted by atomic mass is 16.5. The van der Waals surface area contributed by atoms with Crippen molar-refractivity contribution in [3.8, 4) is 17.0 Å². The van der Waals surface area contributed by atoms with Gasteiger partial charge in [0.2, 0.25) is 0 Å². The van der Waals surface area contributed by atoms with Gasteiger partial charge in [-0.2, -0.15) is 5.10 Å². The Balaban J connectivity index is 1.70. The maximum atomic E-state index is 12.3. The van der Waals surface area contributed by atoms with E-state index in [1.165, 1.54) is 24.7 Å². The van der Waals surface area contributed by atoms with Crippen molar-refractivity contribution in [3.05, 3.63) is 71.9 Å². The number of hydrazone groups is 1. The Morgan fingerprint density at radius 2 is 1.93 bits per heavy atom. The van der Waals surface area contributed by atoms with Gasteiger partial charge in [-0.05, 0) is 42.0 Å². The molecule has 0 saturated heterocycles. The average molecular weight is 376 g/mol. The van der Waals surface area contributed by atoms with Gasteiger partial charge in [0, 0.05) is 11.8 Å². The number of ether oxygens (including phenoxy) is 1. The highest BCUT2D eigenvalue weighted by Crippen LogP contribution is 2.20. The van der Waals surface area contributed by atoms with Gasteiger partial charge < -0.3 is 10.5 Å². The van der Waals surface area contributed by atoms with E-state index in [9.17, 15) is 9.59 Å². The highest BCUT2D eigenvalue weighted by molar-refractivity contribution is 5.94. The summed E-state index contributed by atoms with van der Waals surface area (Å²) < 4.78 is 5.12. The van der Waals surface area contributed by atoms with Crippen molar-refractivity contribution < 1.29 is 14.3 Å². The van der Waals surface area contributed by atoms with Crippen LogP contribution in [0.25, 0.3) is 11.3 Å². The van der Waals surface area contributed by atoms with E-state index in [0.717, 1.165) is 11.3 Å². The molecule has 0 saturated carbocycles. The molecule has 0 atom stereocenters. The smallest absolute Gasteiger partial charge is 0.291 e. The molecule has 0 fully saturated rings. The van der Waals surface area contributed by atoms with E-state index < -0.39 is 11.8 Å². The fraction of sp³-hybridized carbons (Fsp3) is 0.0526. The maximum Gasteiger partial charge on any atom is 0.291 e. The van der Waals surface area contributed by atoms with Crippen LogP contribution in [0, 0.1) is 0 Å². The first-order chi connectivity index (χ1) is 13.6. The lowest BCUT2D eigenvalue weighted by atomic mass is 10.1. The van der Waals surface area contributed by atoms with Crippen molar-refractivity contribution in [3.63, 3.8) is 0 Å². The number of benzene rings is 1. The zero-order valence-corrected chi connectivity index (χ0v) is 14.9. The Bertz CT molecular complexity index is 1030. The first-order valence-electron chi connectivity index (χ1n) is 8.12. The predicted molar refractivity (Wildman–Crippen MR) is 102 cm³/mol. The van der Waals surface area contributed by atoms with Gasteiger partial charge in [0.1, 0.15) is 17.1 Å². The molecule has 1 aromatic carbocycles. The average Bonchev–Trinajstić information content (AvgIpc) is 2.74. The molecule has 3 N–H and O–H groups in total. The molecule has 3 rings (SSSR count). The fourth-order valence-electron chi connectivity index (χ4n) is 2.26. The first-order valence-corrected chi connectivity index (χ1v) is 8.12. The second kappa shape index (κ2) is 8.49. The summed E-state index contributed by atoms with van der Waals surface area (Å²) in [6, 6.07) is 10.3. The molecule has 0 unspecified atom stereocenters. The third-order valence-electron chi connectivity index (χ3n) is 3.67. The zero-order valence-electron chi connectivity index (χ0n) is 14.9. The molecule has 0 aliphatic heterocycles. The van der Waals surface area contributed by atoms with Crippen molar-refractivity contribution in [2.24, 2.45) is 10.8 Å². The fourth-order valence-corrected chi connectivity index (χ4v) is 2.26. The molecular formula is C19H16N6O3. The summed E-state index contributed by atoms with van der Waals surface area (Å²) in [5.41, 5.74) is 9.65. The Labute approximate surface area is 160 Å². The number of carbonyl (C=O) groups is 2. The van der Waals surface area contributed by atoms with Crippen LogP contribution in [-0.2, 0) is 0 Å². The quantitative estimate of drug-likeness (QED) is 0.494. The Morgan fingerprint density at radius 3 is 2.64 bits per heavy atom. The van der Waals surface area contributed by atoms with E-state index >= 15 is 0 Å². The van der Waals surface area contributed by atoms with Crippen LogP contribution in [0.4, 0.5) is 0 Å². The first kappa shape index (κ1) is 18.6. The van der Waals surface area contributed by atoms with Gasteiger partial charge in [0.15, 0.2) is 0 Å². The normalized spacial score (nSPS) is 10.6. The van der Waals surface area contributed by atoms with Crippen molar-refractivity contribution >= 4 is 18.0 Å². The summed E-state index contributed by atoms with van der Waals surface area (Å²) in [6.07, 6.45) is 5.69. The number of nitrogens with zero attached hydrogens (tertiary/aromatic N) is 4. The summed E-state index contributed by atoms with van der Waals surface area (Å²) in [7, 11) is 1.58. The summed E-state index contributed by atoms with van der Waals surface area (Å²) in [5.74, 6) is -0.455. The third-order valence-corrected chi connectivity index (χ3v) is 3.67. The molecule has 0 aliphatic carbocycles. The van der Waals surface area contributed by atoms with Crippen LogP contribution in [0.3, 0.4) is 0 Å². The van der Waals surface area contributed by atoms with Gasteiger partial charge in [0.05, 0.1) is 31.4 Å². The minimum atomic E-state index is -0.648. The van der Waals surface area contributed by atoms with Gasteiger partial charge >= 0.3 is 0 Å². The number of hydrogen-bond donors (Lipinski definition) is 2. The number of nitrogens with two attached hydrogens (primary N) is 1. The van der Waals surface area contributed by atoms with Gasteiger partial charge in [-0.3, -0.25) is 19.6 Å². The molecule has 140 valence electrons. The van der Waals surface area contributed by atoms with Crippen molar-refractivity contribution in [1.82, 2.24) is 20.4 Å². The van der Waals surface area contributed by atoms with Crippen LogP contribution in [0.15, 0.2) is 60.1 Å². The summed E-state index contributed by atoms with van der Waals surface area (Å²) in [4.78, 5) is 35.6. The second-order valence-corrected chi connectivity index (χ2v) is 5.56. The van der Waals surface area contributed by atoms with Crippen LogP contribution in [-0.4, -0.2) is 40.1 Å². The lowest BCUT2D eigenvalue weighted by molar-refractivity contribution is 0.0948. The van der Waals surface area contributed by atoms with E-state index in [1.807, 2.05) is 12.1 Å². The molecule has 28 heavy (non-hydrogen) atoms. The summed E-state index contributed by atoms with van der Waals surface area (Å²) in [6.45, 7) is 0. The Morgan fingerprint density at radius 1 is 1.14 bits per heavy atom. The van der Waals surface area contributed by atoms with Crippen molar-refractivity contribution in [1.29, 1.82) is 0 Å². The van der Waals surface area contributed by atoms with Crippen molar-refractivity contribution in [2.75, 3.05) is 7.11 Å². The van der Waals surface area contributed by atoms with Gasteiger partial charge in [-0.25, -0.2) is 10.4 Å². The Kier molecular flexibility index (Phi) is 5.66. The predicted octanol–water partition coefficient (Wildman–Crippen LogP) is 1.41. The summed E-state index contributed by atoms with van der Waals surface area (Å²) >= 11 is 0. The number of hydrogen-bond acceptors (Lipinski definition) is 7. The number of primary amides is 1. The standard InChI is InChI=1S/C19H16N6O3/c1-28-14-4-2-13(3-5-14)16-10-21-11-17(24-16)19(27)25-23-9-12-6-7-22-15(8-12)18(20)26/h2-11H,1H3,(H2,20,26)(H,25,27). The van der Waals surface area contributed by atoms with E-state index in [1.54, 1.807) is 31.5 Å². The lowest BCUT2D eigenvalue weighted by Crippen LogP contribution is -2.19. The maximum absolute atomic E-state index is 12.3. The van der Waals surface area contributed by atoms with Crippen LogP contribution in [0.2, 0.25) is 0 Å². The molecule has 3 aromatic rings. The number of methoxy groups -OCH3 is 1. The van der Waals surface area contributed by atoms with Crippen LogP contribution >= 0.6 is 0 Å². The number of rotatable bonds is 6. The molecule has 9 heteroatoms. The van der Waals surface area contributed by atoms with Gasteiger partial charge in [-0.1, -0.05) is 0 Å². The monoisotopic (exact) mass is 376 g/mol. The van der Waals surface area contributed by atoms with Gasteiger partial charge in [0.25, 0.3) is 11.8 Å². The zero-order chi connectivity index (χ0) is 19.9. The molecule has 2 aromatic heterocycles. The third kappa shape index (κ3) is 4.52. The minimum Gasteiger partial charge on any atom is -0.497 e. The number of aromatic nitrogens is 3. The number of amides is 2. The van der Waals surface area contributed by atoms with Crippen LogP contribution in [0.1, 0.15) is 26.5 Å². The van der Waals surface area contributed by atoms with Crippen LogP contribution < -0.4 is 15.9 Å². The topological polar surface area (TPSA) is 132 Å². The molecule has 0 bridgehead atoms. The molecule has 9 nitrogen and oxygen atoms in total. The van der Waals surface area contributed by atoms with E-state index in [0.29, 0.717) is 11.3 Å². The molecule has 2 amide bonds. The number of nitrogens with one attached hydrogen (secondary N) is 1. The van der Waals surface area contributed by atoms with Gasteiger partial charge in [-0.15, -0.1) is 0 Å².